The van der Waals surface area contributed by atoms with Gasteiger partial charge in [-0.1, -0.05) is 12.8 Å². The van der Waals surface area contributed by atoms with E-state index >= 15 is 0 Å². The number of carboxylic acid groups (broad SMARTS) is 1. The van der Waals surface area contributed by atoms with Crippen LogP contribution in [0.15, 0.2) is 0 Å². The van der Waals surface area contributed by atoms with Crippen LogP contribution >= 0.6 is 0 Å². The van der Waals surface area contributed by atoms with E-state index in [2.05, 4.69) is 0 Å². The van der Waals surface area contributed by atoms with Crippen LogP contribution in [0.2, 0.25) is 0 Å². The molecule has 1 rings (SSSR count). The summed E-state index contributed by atoms with van der Waals surface area (Å²) in [7, 11) is 0. The molecular weight excluding hydrogens is 256 g/mol. The number of hydrogen-bond donors (Lipinski definition) is 1. The summed E-state index contributed by atoms with van der Waals surface area (Å²) in [5, 5.41) is 8.72. The quantitative estimate of drug-likeness (QED) is 0.782. The van der Waals surface area contributed by atoms with E-state index in [0.29, 0.717) is 19.0 Å². The smallest absolute Gasteiger partial charge is 0.320 e. The maximum atomic E-state index is 12.7. The maximum Gasteiger partial charge on any atom is 0.320 e. The van der Waals surface area contributed by atoms with Crippen molar-refractivity contribution < 1.29 is 14.7 Å². The molecule has 0 atom stereocenters. The highest BCUT2D eigenvalue weighted by molar-refractivity contribution is 5.75. The molecule has 0 aromatic rings. The Morgan fingerprint density at radius 2 is 1.85 bits per heavy atom. The molecule has 1 fully saturated rings. The highest BCUT2D eigenvalue weighted by atomic mass is 16.4. The lowest BCUT2D eigenvalue weighted by atomic mass is 10.2. The lowest BCUT2D eigenvalue weighted by Gasteiger charge is -2.36. The van der Waals surface area contributed by atoms with Crippen molar-refractivity contribution in [2.75, 3.05) is 13.1 Å². The molecular formula is C15H28N2O3. The minimum Gasteiger partial charge on any atom is -0.481 e. The Bertz CT molecular complexity index is 325. The third-order valence-electron chi connectivity index (χ3n) is 4.01. The summed E-state index contributed by atoms with van der Waals surface area (Å²) in [6, 6.07) is 0.541. The lowest BCUT2D eigenvalue weighted by Crippen LogP contribution is -2.50. The molecule has 2 amide bonds. The van der Waals surface area contributed by atoms with Gasteiger partial charge in [0.05, 0.1) is 0 Å². The number of carbonyl (C=O) groups is 2. The van der Waals surface area contributed by atoms with Crippen LogP contribution in [0.5, 0.6) is 0 Å². The SMILES string of the molecule is CCN(C(=O)N(CCCC(=O)O)C(C)C)C1CCCC1. The van der Waals surface area contributed by atoms with Gasteiger partial charge in [0.15, 0.2) is 0 Å². The van der Waals surface area contributed by atoms with E-state index in [-0.39, 0.29) is 18.5 Å². The second-order valence-corrected chi connectivity index (χ2v) is 5.79. The molecule has 20 heavy (non-hydrogen) atoms. The van der Waals surface area contributed by atoms with Crippen molar-refractivity contribution in [1.29, 1.82) is 0 Å². The lowest BCUT2D eigenvalue weighted by molar-refractivity contribution is -0.137. The van der Waals surface area contributed by atoms with E-state index in [9.17, 15) is 9.59 Å². The Hall–Kier alpha value is -1.26. The third kappa shape index (κ3) is 4.69. The molecule has 0 heterocycles. The van der Waals surface area contributed by atoms with Crippen molar-refractivity contribution >= 4 is 12.0 Å². The Balaban J connectivity index is 2.63. The van der Waals surface area contributed by atoms with Crippen molar-refractivity contribution in [2.45, 2.75) is 71.4 Å². The van der Waals surface area contributed by atoms with Gasteiger partial charge in [0.25, 0.3) is 0 Å². The number of amides is 2. The molecule has 5 nitrogen and oxygen atoms in total. The maximum absolute atomic E-state index is 12.7. The predicted molar refractivity (Wildman–Crippen MR) is 78.7 cm³/mol. The number of nitrogens with zero attached hydrogens (tertiary/aromatic N) is 2. The van der Waals surface area contributed by atoms with Gasteiger partial charge in [-0.15, -0.1) is 0 Å². The zero-order chi connectivity index (χ0) is 15.1. The number of urea groups is 1. The Kier molecular flexibility index (Phi) is 6.82. The van der Waals surface area contributed by atoms with Gasteiger partial charge in [-0.3, -0.25) is 4.79 Å². The zero-order valence-corrected chi connectivity index (χ0v) is 13.0. The van der Waals surface area contributed by atoms with Crippen LogP contribution in [0.4, 0.5) is 4.79 Å². The molecule has 116 valence electrons. The van der Waals surface area contributed by atoms with Crippen molar-refractivity contribution in [3.8, 4) is 0 Å². The van der Waals surface area contributed by atoms with Crippen LogP contribution < -0.4 is 0 Å². The second kappa shape index (κ2) is 8.12. The molecule has 5 heteroatoms. The monoisotopic (exact) mass is 284 g/mol. The summed E-state index contributed by atoms with van der Waals surface area (Å²) >= 11 is 0. The molecule has 1 saturated carbocycles. The fourth-order valence-corrected chi connectivity index (χ4v) is 2.91. The number of aliphatic carboxylic acids is 1. The van der Waals surface area contributed by atoms with Crippen LogP contribution in [0.25, 0.3) is 0 Å². The number of carbonyl (C=O) groups excluding carboxylic acids is 1. The molecule has 0 saturated heterocycles. The van der Waals surface area contributed by atoms with Crippen molar-refractivity contribution in [2.24, 2.45) is 0 Å². The Morgan fingerprint density at radius 1 is 1.25 bits per heavy atom. The second-order valence-electron chi connectivity index (χ2n) is 5.79. The molecule has 1 aliphatic rings. The molecule has 0 bridgehead atoms. The summed E-state index contributed by atoms with van der Waals surface area (Å²) in [4.78, 5) is 27.1. The zero-order valence-electron chi connectivity index (χ0n) is 13.0. The Morgan fingerprint density at radius 3 is 2.30 bits per heavy atom. The fraction of sp³-hybridized carbons (Fsp3) is 0.867. The number of hydrogen-bond acceptors (Lipinski definition) is 2. The van der Waals surface area contributed by atoms with Crippen LogP contribution in [0, 0.1) is 0 Å². The first-order valence-corrected chi connectivity index (χ1v) is 7.76. The summed E-state index contributed by atoms with van der Waals surface area (Å²) in [6.07, 6.45) is 5.24. The summed E-state index contributed by atoms with van der Waals surface area (Å²) in [6.45, 7) is 7.24. The van der Waals surface area contributed by atoms with Crippen LogP contribution in [-0.4, -0.2) is 52.1 Å². The topological polar surface area (TPSA) is 60.9 Å². The first-order valence-electron chi connectivity index (χ1n) is 7.76. The van der Waals surface area contributed by atoms with Gasteiger partial charge in [0.2, 0.25) is 0 Å². The first-order chi connectivity index (χ1) is 9.47. The Labute approximate surface area is 121 Å². The van der Waals surface area contributed by atoms with Crippen LogP contribution in [0.1, 0.15) is 59.3 Å². The minimum absolute atomic E-state index is 0.0692. The van der Waals surface area contributed by atoms with E-state index in [4.69, 9.17) is 5.11 Å². The first kappa shape index (κ1) is 16.8. The highest BCUT2D eigenvalue weighted by Crippen LogP contribution is 2.24. The molecule has 0 aliphatic heterocycles. The fourth-order valence-electron chi connectivity index (χ4n) is 2.91. The van der Waals surface area contributed by atoms with Crippen LogP contribution in [0.3, 0.4) is 0 Å². The molecule has 0 radical (unpaired) electrons. The van der Waals surface area contributed by atoms with Gasteiger partial charge in [0.1, 0.15) is 0 Å². The van der Waals surface area contributed by atoms with E-state index < -0.39 is 5.97 Å². The van der Waals surface area contributed by atoms with E-state index in [1.165, 1.54) is 12.8 Å². The van der Waals surface area contributed by atoms with E-state index in [1.54, 1.807) is 0 Å². The normalized spacial score (nSPS) is 15.6. The highest BCUT2D eigenvalue weighted by Gasteiger charge is 2.29. The summed E-state index contributed by atoms with van der Waals surface area (Å²) in [5.41, 5.74) is 0. The van der Waals surface area contributed by atoms with Gasteiger partial charge in [0, 0.05) is 31.6 Å². The van der Waals surface area contributed by atoms with Gasteiger partial charge in [-0.2, -0.15) is 0 Å². The molecule has 1 aliphatic carbocycles. The summed E-state index contributed by atoms with van der Waals surface area (Å²) in [5.74, 6) is -0.802. The molecule has 1 N–H and O–H groups in total. The van der Waals surface area contributed by atoms with E-state index in [1.807, 2.05) is 30.6 Å². The largest absolute Gasteiger partial charge is 0.481 e. The summed E-state index contributed by atoms with van der Waals surface area (Å²) < 4.78 is 0. The van der Waals surface area contributed by atoms with Crippen molar-refractivity contribution in [1.82, 2.24) is 9.80 Å². The third-order valence-corrected chi connectivity index (χ3v) is 4.01. The van der Waals surface area contributed by atoms with Gasteiger partial charge >= 0.3 is 12.0 Å². The number of rotatable bonds is 7. The molecule has 0 unspecified atom stereocenters. The minimum atomic E-state index is -0.802. The molecule has 0 aromatic heterocycles. The average molecular weight is 284 g/mol. The van der Waals surface area contributed by atoms with Crippen molar-refractivity contribution in [3.05, 3.63) is 0 Å². The van der Waals surface area contributed by atoms with E-state index in [0.717, 1.165) is 19.4 Å². The standard InChI is InChI=1S/C15H28N2O3/c1-4-16(13-8-5-6-9-13)15(20)17(12(2)3)11-7-10-14(18)19/h12-13H,4-11H2,1-3H3,(H,18,19). The van der Waals surface area contributed by atoms with Crippen LogP contribution in [-0.2, 0) is 4.79 Å². The predicted octanol–water partition coefficient (Wildman–Crippen LogP) is 2.95. The van der Waals surface area contributed by atoms with Gasteiger partial charge < -0.3 is 14.9 Å². The van der Waals surface area contributed by atoms with Gasteiger partial charge in [-0.25, -0.2) is 4.79 Å². The number of carboxylic acids is 1. The van der Waals surface area contributed by atoms with Gasteiger partial charge in [-0.05, 0) is 40.0 Å². The molecule has 0 aromatic carbocycles. The van der Waals surface area contributed by atoms with Crippen molar-refractivity contribution in [3.63, 3.8) is 0 Å². The molecule has 0 spiro atoms. The average Bonchev–Trinajstić information content (AvgIpc) is 2.88.